The molecule has 0 bridgehead atoms. The molecule has 0 aromatic carbocycles. The number of fused-ring (bicyclic) bond motifs is 3. The number of nitrogens with two attached hydrogens (primary N) is 1. The highest BCUT2D eigenvalue weighted by Crippen LogP contribution is 2.24. The van der Waals surface area contributed by atoms with Gasteiger partial charge in [0.25, 0.3) is 0 Å². The first-order valence-electron chi connectivity index (χ1n) is 6.53. The summed E-state index contributed by atoms with van der Waals surface area (Å²) in [5.41, 5.74) is 8.72. The fourth-order valence-electron chi connectivity index (χ4n) is 2.42. The smallest absolute Gasteiger partial charge is 0.202 e. The SMILES string of the molecule is CCn1ncc(N)c1-c1nc2c3cnn(C)c3ncn2n1. The first-order chi connectivity index (χ1) is 10.2. The molecule has 4 aromatic rings. The topological polar surface area (TPSA) is 105 Å². The van der Waals surface area contributed by atoms with Gasteiger partial charge in [-0.05, 0) is 6.92 Å². The van der Waals surface area contributed by atoms with Crippen LogP contribution in [0.1, 0.15) is 6.92 Å². The molecule has 0 aliphatic carbocycles. The van der Waals surface area contributed by atoms with Crippen LogP contribution in [0, 0.1) is 0 Å². The van der Waals surface area contributed by atoms with Crippen LogP contribution in [0.3, 0.4) is 0 Å². The third kappa shape index (κ3) is 1.54. The molecule has 0 aliphatic heterocycles. The van der Waals surface area contributed by atoms with Crippen molar-refractivity contribution < 1.29 is 0 Å². The molecule has 21 heavy (non-hydrogen) atoms. The molecule has 0 amide bonds. The van der Waals surface area contributed by atoms with Gasteiger partial charge in [-0.15, -0.1) is 5.10 Å². The average Bonchev–Trinajstić information content (AvgIpc) is 3.15. The molecule has 0 unspecified atom stereocenters. The second-order valence-corrected chi connectivity index (χ2v) is 4.72. The van der Waals surface area contributed by atoms with Crippen molar-refractivity contribution in [3.63, 3.8) is 0 Å². The molecule has 4 rings (SSSR count). The average molecular weight is 283 g/mol. The number of rotatable bonds is 2. The summed E-state index contributed by atoms with van der Waals surface area (Å²) in [6.45, 7) is 2.69. The number of nitrogen functional groups attached to an aromatic ring is 1. The van der Waals surface area contributed by atoms with Crippen molar-refractivity contribution >= 4 is 22.4 Å². The summed E-state index contributed by atoms with van der Waals surface area (Å²) in [6.07, 6.45) is 4.97. The third-order valence-electron chi connectivity index (χ3n) is 3.45. The number of aromatic nitrogens is 8. The maximum Gasteiger partial charge on any atom is 0.202 e. The van der Waals surface area contributed by atoms with Crippen LogP contribution in [-0.4, -0.2) is 39.1 Å². The van der Waals surface area contributed by atoms with Crippen molar-refractivity contribution in [2.24, 2.45) is 7.05 Å². The Hall–Kier alpha value is -2.97. The van der Waals surface area contributed by atoms with Gasteiger partial charge in [-0.3, -0.25) is 9.36 Å². The summed E-state index contributed by atoms with van der Waals surface area (Å²) in [5.74, 6) is 0.532. The molecular formula is C12H13N9. The quantitative estimate of drug-likeness (QED) is 0.573. The lowest BCUT2D eigenvalue weighted by Gasteiger charge is -2.00. The van der Waals surface area contributed by atoms with Crippen LogP contribution in [0.15, 0.2) is 18.7 Å². The predicted molar refractivity (Wildman–Crippen MR) is 76.4 cm³/mol. The summed E-state index contributed by atoms with van der Waals surface area (Å²) in [4.78, 5) is 8.92. The van der Waals surface area contributed by atoms with Crippen LogP contribution < -0.4 is 5.73 Å². The Bertz CT molecular complexity index is 958. The Morgan fingerprint density at radius 2 is 2.05 bits per heavy atom. The molecule has 9 nitrogen and oxygen atoms in total. The Labute approximate surface area is 119 Å². The van der Waals surface area contributed by atoms with E-state index in [1.165, 1.54) is 0 Å². The normalized spacial score (nSPS) is 11.7. The lowest BCUT2D eigenvalue weighted by Crippen LogP contribution is -2.01. The molecular weight excluding hydrogens is 270 g/mol. The van der Waals surface area contributed by atoms with Crippen molar-refractivity contribution in [1.82, 2.24) is 39.1 Å². The first kappa shape index (κ1) is 11.8. The predicted octanol–water partition coefficient (Wildman–Crippen LogP) is 0.477. The molecule has 0 radical (unpaired) electrons. The van der Waals surface area contributed by atoms with Gasteiger partial charge in [0, 0.05) is 13.6 Å². The van der Waals surface area contributed by atoms with Gasteiger partial charge in [0.1, 0.15) is 12.0 Å². The molecule has 2 N–H and O–H groups in total. The fraction of sp³-hybridized carbons (Fsp3) is 0.250. The highest BCUT2D eigenvalue weighted by Gasteiger charge is 2.17. The van der Waals surface area contributed by atoms with Crippen molar-refractivity contribution in [2.45, 2.75) is 13.5 Å². The zero-order valence-electron chi connectivity index (χ0n) is 11.6. The number of aryl methyl sites for hydroxylation is 2. The molecule has 0 spiro atoms. The molecule has 0 atom stereocenters. The van der Waals surface area contributed by atoms with Gasteiger partial charge in [0.2, 0.25) is 5.82 Å². The van der Waals surface area contributed by atoms with Crippen LogP contribution in [-0.2, 0) is 13.6 Å². The van der Waals surface area contributed by atoms with Crippen molar-refractivity contribution in [3.05, 3.63) is 18.7 Å². The molecule has 0 fully saturated rings. The third-order valence-corrected chi connectivity index (χ3v) is 3.45. The van der Waals surface area contributed by atoms with Crippen LogP contribution in [0.4, 0.5) is 5.69 Å². The summed E-state index contributed by atoms with van der Waals surface area (Å²) in [6, 6.07) is 0. The van der Waals surface area contributed by atoms with Gasteiger partial charge in [-0.1, -0.05) is 0 Å². The van der Waals surface area contributed by atoms with E-state index >= 15 is 0 Å². The number of anilines is 1. The maximum absolute atomic E-state index is 5.98. The van der Waals surface area contributed by atoms with Crippen molar-refractivity contribution in [3.8, 4) is 11.5 Å². The molecule has 4 heterocycles. The maximum atomic E-state index is 5.98. The number of nitrogens with zero attached hydrogens (tertiary/aromatic N) is 8. The van der Waals surface area contributed by atoms with E-state index in [2.05, 4.69) is 25.3 Å². The Balaban J connectivity index is 2.02. The van der Waals surface area contributed by atoms with Crippen molar-refractivity contribution in [2.75, 3.05) is 5.73 Å². The Morgan fingerprint density at radius 3 is 2.86 bits per heavy atom. The second-order valence-electron chi connectivity index (χ2n) is 4.72. The molecule has 0 saturated heterocycles. The van der Waals surface area contributed by atoms with Crippen LogP contribution in [0.25, 0.3) is 28.2 Å². The molecule has 4 aromatic heterocycles. The van der Waals surface area contributed by atoms with Gasteiger partial charge >= 0.3 is 0 Å². The summed E-state index contributed by atoms with van der Waals surface area (Å²) in [5, 5.41) is 13.7. The summed E-state index contributed by atoms with van der Waals surface area (Å²) < 4.78 is 5.11. The Kier molecular flexibility index (Phi) is 2.26. The minimum atomic E-state index is 0.532. The lowest BCUT2D eigenvalue weighted by molar-refractivity contribution is 0.663. The van der Waals surface area contributed by atoms with E-state index in [1.54, 1.807) is 32.6 Å². The van der Waals surface area contributed by atoms with E-state index in [9.17, 15) is 0 Å². The first-order valence-corrected chi connectivity index (χ1v) is 6.53. The minimum Gasteiger partial charge on any atom is -0.396 e. The van der Waals surface area contributed by atoms with Crippen LogP contribution >= 0.6 is 0 Å². The highest BCUT2D eigenvalue weighted by atomic mass is 15.4. The molecule has 0 saturated carbocycles. The van der Waals surface area contributed by atoms with E-state index in [0.717, 1.165) is 16.7 Å². The molecule has 9 heteroatoms. The van der Waals surface area contributed by atoms with E-state index < -0.39 is 0 Å². The van der Waals surface area contributed by atoms with Gasteiger partial charge in [0.05, 0.1) is 23.5 Å². The van der Waals surface area contributed by atoms with Gasteiger partial charge in [-0.25, -0.2) is 14.5 Å². The second kappa shape index (κ2) is 4.01. The highest BCUT2D eigenvalue weighted by molar-refractivity contribution is 5.89. The van der Waals surface area contributed by atoms with Crippen LogP contribution in [0.5, 0.6) is 0 Å². The van der Waals surface area contributed by atoms with E-state index in [0.29, 0.717) is 23.7 Å². The zero-order chi connectivity index (χ0) is 14.6. The van der Waals surface area contributed by atoms with E-state index in [-0.39, 0.29) is 0 Å². The summed E-state index contributed by atoms with van der Waals surface area (Å²) >= 11 is 0. The van der Waals surface area contributed by atoms with Crippen molar-refractivity contribution in [1.29, 1.82) is 0 Å². The largest absolute Gasteiger partial charge is 0.396 e. The molecule has 0 aliphatic rings. The van der Waals surface area contributed by atoms with Gasteiger partial charge in [-0.2, -0.15) is 10.2 Å². The number of hydrogen-bond acceptors (Lipinski definition) is 6. The van der Waals surface area contributed by atoms with Gasteiger partial charge in [0.15, 0.2) is 11.3 Å². The van der Waals surface area contributed by atoms with E-state index in [1.807, 2.05) is 14.0 Å². The summed E-state index contributed by atoms with van der Waals surface area (Å²) in [7, 11) is 1.84. The number of hydrogen-bond donors (Lipinski definition) is 1. The standard InChI is InChI=1S/C12H13N9/c1-3-20-9(8(13)5-16-20)10-17-12-7-4-15-19(2)11(7)14-6-21(12)18-10/h4-6H,3,13H2,1-2H3. The molecule has 106 valence electrons. The van der Waals surface area contributed by atoms with Gasteiger partial charge < -0.3 is 5.73 Å². The van der Waals surface area contributed by atoms with Crippen LogP contribution in [0.2, 0.25) is 0 Å². The lowest BCUT2D eigenvalue weighted by atomic mass is 10.3. The van der Waals surface area contributed by atoms with E-state index in [4.69, 9.17) is 5.73 Å². The fourth-order valence-corrected chi connectivity index (χ4v) is 2.42. The zero-order valence-corrected chi connectivity index (χ0v) is 11.6. The monoisotopic (exact) mass is 283 g/mol. The Morgan fingerprint density at radius 1 is 1.19 bits per heavy atom. The minimum absolute atomic E-state index is 0.532.